The maximum absolute atomic E-state index is 8.42. The molecule has 1 rings (SSSR count). The van der Waals surface area contributed by atoms with Gasteiger partial charge in [-0.1, -0.05) is 0 Å². The first-order chi connectivity index (χ1) is 6.20. The summed E-state index contributed by atoms with van der Waals surface area (Å²) >= 11 is 0. The molecule has 0 spiro atoms. The predicted molar refractivity (Wildman–Crippen MR) is 44.1 cm³/mol. The van der Waals surface area contributed by atoms with Gasteiger partial charge in [0.15, 0.2) is 0 Å². The molecule has 2 unspecified atom stereocenters. The molecule has 0 N–H and O–H groups in total. The fourth-order valence-corrected chi connectivity index (χ4v) is 1.77. The molecule has 1 aliphatic carbocycles. The van der Waals surface area contributed by atoms with Crippen LogP contribution in [0.15, 0.2) is 0 Å². The Balaban J connectivity index is 2.51. The number of hydrogen-bond donors (Lipinski definition) is 0. The number of nitriles is 2. The maximum atomic E-state index is 8.42. The average Bonchev–Trinajstić information content (AvgIpc) is 2.04. The fraction of sp³-hybridized carbons (Fsp3) is 0.778. The van der Waals surface area contributed by atoms with Crippen molar-refractivity contribution in [2.75, 3.05) is 0 Å². The molecule has 0 radical (unpaired) electrons. The van der Waals surface area contributed by atoms with Gasteiger partial charge in [-0.15, -0.1) is 0 Å². The van der Waals surface area contributed by atoms with Crippen LogP contribution in [0.3, 0.4) is 0 Å². The first-order valence-electron chi connectivity index (χ1n) is 4.32. The van der Waals surface area contributed by atoms with Gasteiger partial charge in [0.2, 0.25) is 0 Å². The summed E-state index contributed by atoms with van der Waals surface area (Å²) < 4.78 is 9.80. The molecule has 0 aromatic heterocycles. The number of ether oxygens (including phenoxy) is 2. The third-order valence-corrected chi connectivity index (χ3v) is 2.40. The minimum absolute atomic E-state index is 0.0860. The molecule has 2 atom stereocenters. The zero-order chi connectivity index (χ0) is 9.73. The van der Waals surface area contributed by atoms with Crippen LogP contribution in [0.4, 0.5) is 0 Å². The van der Waals surface area contributed by atoms with Gasteiger partial charge in [0.05, 0.1) is 0 Å². The minimum Gasteiger partial charge on any atom is -0.424 e. The standard InChI is InChI=1S/C9H12N2O2/c1-9(13-7-11)4-2-3-8(5-9)12-6-10/h8H,2-5H2,1H3. The molecule has 0 heterocycles. The van der Waals surface area contributed by atoms with Crippen LogP contribution in [0.1, 0.15) is 32.6 Å². The van der Waals surface area contributed by atoms with E-state index >= 15 is 0 Å². The second-order valence-corrected chi connectivity index (χ2v) is 3.57. The van der Waals surface area contributed by atoms with Crippen molar-refractivity contribution in [3.63, 3.8) is 0 Å². The zero-order valence-electron chi connectivity index (χ0n) is 7.62. The lowest BCUT2D eigenvalue weighted by Crippen LogP contribution is -2.36. The largest absolute Gasteiger partial charge is 0.424 e. The summed E-state index contributed by atoms with van der Waals surface area (Å²) in [7, 11) is 0. The van der Waals surface area contributed by atoms with Crippen molar-refractivity contribution in [2.45, 2.75) is 44.3 Å². The Kier molecular flexibility index (Phi) is 2.97. The Morgan fingerprint density at radius 1 is 1.38 bits per heavy atom. The van der Waals surface area contributed by atoms with Gasteiger partial charge in [0.1, 0.15) is 11.7 Å². The molecule has 4 heteroatoms. The van der Waals surface area contributed by atoms with Crippen LogP contribution in [0.25, 0.3) is 0 Å². The average molecular weight is 180 g/mol. The molecule has 1 saturated carbocycles. The molecule has 70 valence electrons. The van der Waals surface area contributed by atoms with Crippen LogP contribution >= 0.6 is 0 Å². The molecule has 0 aromatic carbocycles. The van der Waals surface area contributed by atoms with E-state index in [1.165, 1.54) is 0 Å². The monoisotopic (exact) mass is 180 g/mol. The van der Waals surface area contributed by atoms with Crippen LogP contribution in [0.2, 0.25) is 0 Å². The van der Waals surface area contributed by atoms with Crippen molar-refractivity contribution >= 4 is 0 Å². The van der Waals surface area contributed by atoms with Crippen LogP contribution in [0, 0.1) is 23.0 Å². The van der Waals surface area contributed by atoms with E-state index in [4.69, 9.17) is 20.0 Å². The van der Waals surface area contributed by atoms with Gasteiger partial charge in [0, 0.05) is 6.42 Å². The molecule has 13 heavy (non-hydrogen) atoms. The van der Waals surface area contributed by atoms with E-state index in [1.54, 1.807) is 12.5 Å². The van der Waals surface area contributed by atoms with Crippen molar-refractivity contribution in [3.05, 3.63) is 0 Å². The van der Waals surface area contributed by atoms with Crippen molar-refractivity contribution in [1.29, 1.82) is 10.5 Å². The second kappa shape index (κ2) is 4.00. The van der Waals surface area contributed by atoms with Gasteiger partial charge < -0.3 is 9.47 Å². The minimum atomic E-state index is -0.436. The van der Waals surface area contributed by atoms with E-state index in [-0.39, 0.29) is 6.10 Å². The number of rotatable bonds is 2. The van der Waals surface area contributed by atoms with Gasteiger partial charge in [-0.2, -0.15) is 10.5 Å². The third-order valence-electron chi connectivity index (χ3n) is 2.40. The number of nitrogens with zero attached hydrogens (tertiary/aromatic N) is 2. The summed E-state index contributed by atoms with van der Waals surface area (Å²) in [5, 5.41) is 16.8. The van der Waals surface area contributed by atoms with Crippen molar-refractivity contribution in [1.82, 2.24) is 0 Å². The van der Waals surface area contributed by atoms with E-state index < -0.39 is 5.60 Å². The van der Waals surface area contributed by atoms with E-state index in [0.717, 1.165) is 19.3 Å². The van der Waals surface area contributed by atoms with E-state index in [9.17, 15) is 0 Å². The van der Waals surface area contributed by atoms with E-state index in [1.807, 2.05) is 6.92 Å². The highest BCUT2D eigenvalue weighted by atomic mass is 16.5. The Hall–Kier alpha value is -1.42. The Labute approximate surface area is 77.7 Å². The van der Waals surface area contributed by atoms with Gasteiger partial charge in [-0.3, -0.25) is 0 Å². The molecule has 0 saturated heterocycles. The predicted octanol–water partition coefficient (Wildman–Crippen LogP) is 1.68. The maximum Gasteiger partial charge on any atom is 0.286 e. The highest BCUT2D eigenvalue weighted by Gasteiger charge is 2.35. The number of hydrogen-bond acceptors (Lipinski definition) is 4. The van der Waals surface area contributed by atoms with Crippen LogP contribution in [0.5, 0.6) is 0 Å². The smallest absolute Gasteiger partial charge is 0.286 e. The van der Waals surface area contributed by atoms with Crippen LogP contribution < -0.4 is 0 Å². The van der Waals surface area contributed by atoms with E-state index in [2.05, 4.69) is 0 Å². The molecule has 0 bridgehead atoms. The summed E-state index contributed by atoms with van der Waals surface area (Å²) in [6, 6.07) is 0. The summed E-state index contributed by atoms with van der Waals surface area (Å²) in [4.78, 5) is 0. The van der Waals surface area contributed by atoms with Crippen molar-refractivity contribution < 1.29 is 9.47 Å². The summed E-state index contributed by atoms with van der Waals surface area (Å²) in [6.45, 7) is 1.88. The Bertz CT molecular complexity index is 253. The quantitative estimate of drug-likeness (QED) is 0.606. The van der Waals surface area contributed by atoms with Crippen LogP contribution in [-0.2, 0) is 9.47 Å². The summed E-state index contributed by atoms with van der Waals surface area (Å²) in [6.07, 6.45) is 6.58. The second-order valence-electron chi connectivity index (χ2n) is 3.57. The first-order valence-corrected chi connectivity index (χ1v) is 4.32. The Morgan fingerprint density at radius 2 is 2.15 bits per heavy atom. The molecular formula is C9H12N2O2. The van der Waals surface area contributed by atoms with Gasteiger partial charge in [0.25, 0.3) is 12.5 Å². The topological polar surface area (TPSA) is 66.0 Å². The highest BCUT2D eigenvalue weighted by Crippen LogP contribution is 2.32. The SMILES string of the molecule is CC1(OC#N)CCCC(OC#N)C1. The van der Waals surface area contributed by atoms with Crippen molar-refractivity contribution in [2.24, 2.45) is 0 Å². The van der Waals surface area contributed by atoms with Crippen LogP contribution in [-0.4, -0.2) is 11.7 Å². The summed E-state index contributed by atoms with van der Waals surface area (Å²) in [5.41, 5.74) is -0.436. The lowest BCUT2D eigenvalue weighted by atomic mass is 9.84. The fourth-order valence-electron chi connectivity index (χ4n) is 1.77. The van der Waals surface area contributed by atoms with Gasteiger partial charge >= 0.3 is 0 Å². The Morgan fingerprint density at radius 3 is 2.77 bits per heavy atom. The molecule has 1 aliphatic rings. The first kappa shape index (κ1) is 9.67. The molecular weight excluding hydrogens is 168 g/mol. The molecule has 4 nitrogen and oxygen atoms in total. The molecule has 0 aromatic rings. The molecule has 0 amide bonds. The lowest BCUT2D eigenvalue weighted by Gasteiger charge is -2.33. The molecule has 1 fully saturated rings. The lowest BCUT2D eigenvalue weighted by molar-refractivity contribution is -0.0342. The summed E-state index contributed by atoms with van der Waals surface area (Å²) in [5.74, 6) is 0. The molecule has 0 aliphatic heterocycles. The third kappa shape index (κ3) is 2.52. The van der Waals surface area contributed by atoms with Gasteiger partial charge in [-0.05, 0) is 26.2 Å². The van der Waals surface area contributed by atoms with Gasteiger partial charge in [-0.25, -0.2) is 0 Å². The van der Waals surface area contributed by atoms with Crippen molar-refractivity contribution in [3.8, 4) is 12.5 Å². The normalized spacial score (nSPS) is 32.7. The highest BCUT2D eigenvalue weighted by molar-refractivity contribution is 4.87. The zero-order valence-corrected chi connectivity index (χ0v) is 7.62. The van der Waals surface area contributed by atoms with E-state index in [0.29, 0.717) is 6.42 Å².